The molecule has 0 aliphatic carbocycles. The summed E-state index contributed by atoms with van der Waals surface area (Å²) in [6, 6.07) is 15.6. The van der Waals surface area contributed by atoms with E-state index in [0.29, 0.717) is 59.4 Å². The lowest BCUT2D eigenvalue weighted by molar-refractivity contribution is -0.139. The van der Waals surface area contributed by atoms with Crippen LogP contribution >= 0.6 is 0 Å². The Labute approximate surface area is 251 Å². The van der Waals surface area contributed by atoms with Gasteiger partial charge in [0.1, 0.15) is 23.4 Å². The average molecular weight is 611 g/mol. The number of halogens is 4. The van der Waals surface area contributed by atoms with Crippen LogP contribution in [-0.4, -0.2) is 34.5 Å². The maximum atomic E-state index is 13.2. The van der Waals surface area contributed by atoms with Gasteiger partial charge in [-0.05, 0) is 67.4 Å². The van der Waals surface area contributed by atoms with E-state index in [1.54, 1.807) is 50.2 Å². The van der Waals surface area contributed by atoms with Gasteiger partial charge in [-0.15, -0.1) is 0 Å². The van der Waals surface area contributed by atoms with Gasteiger partial charge in [0.2, 0.25) is 5.89 Å². The summed E-state index contributed by atoms with van der Waals surface area (Å²) in [7, 11) is 0. The first kappa shape index (κ1) is 32.0. The van der Waals surface area contributed by atoms with E-state index in [0.717, 1.165) is 24.3 Å². The zero-order valence-corrected chi connectivity index (χ0v) is 24.0. The monoisotopic (exact) mass is 610 g/mol. The number of hydrogen-bond acceptors (Lipinski definition) is 6. The normalized spacial score (nSPS) is 12.5. The van der Waals surface area contributed by atoms with Crippen LogP contribution in [0.1, 0.15) is 46.3 Å². The molecule has 0 amide bonds. The summed E-state index contributed by atoms with van der Waals surface area (Å²) < 4.78 is 63.2. The number of carboxylic acid groups (broad SMARTS) is 1. The molecule has 7 nitrogen and oxygen atoms in total. The van der Waals surface area contributed by atoms with E-state index in [9.17, 15) is 32.3 Å². The second kappa shape index (κ2) is 14.0. The number of allylic oxidation sites excluding steroid dienone is 2. The third kappa shape index (κ3) is 8.56. The molecule has 3 aromatic carbocycles. The minimum Gasteiger partial charge on any atom is -0.493 e. The topological polar surface area (TPSA) is 102 Å². The molecule has 4 aromatic rings. The van der Waals surface area contributed by atoms with Crippen molar-refractivity contribution in [1.29, 1.82) is 0 Å². The minimum atomic E-state index is -4.51. The number of nitrogens with one attached hydrogen (secondary N) is 1. The van der Waals surface area contributed by atoms with Crippen molar-refractivity contribution in [2.45, 2.75) is 45.3 Å². The van der Waals surface area contributed by atoms with Crippen molar-refractivity contribution in [2.75, 3.05) is 6.61 Å². The summed E-state index contributed by atoms with van der Waals surface area (Å²) in [6.07, 6.45) is -2.43. The zero-order chi connectivity index (χ0) is 31.9. The lowest BCUT2D eigenvalue weighted by Crippen LogP contribution is -2.38. The van der Waals surface area contributed by atoms with Crippen molar-refractivity contribution in [1.82, 2.24) is 10.3 Å². The van der Waals surface area contributed by atoms with Gasteiger partial charge in [0.15, 0.2) is 5.78 Å². The number of rotatable bonds is 13. The molecule has 0 aliphatic rings. The molecule has 0 radical (unpaired) electrons. The first-order chi connectivity index (χ1) is 20.9. The zero-order valence-electron chi connectivity index (χ0n) is 24.0. The van der Waals surface area contributed by atoms with E-state index in [1.807, 2.05) is 0 Å². The van der Waals surface area contributed by atoms with Crippen LogP contribution in [0.4, 0.5) is 17.6 Å². The number of aromatic nitrogens is 1. The number of ether oxygens (including phenoxy) is 1. The molecule has 0 saturated carbocycles. The molecule has 0 unspecified atom stereocenters. The standard InChI is InChI=1S/C33H30F4N2O5/c1-3-26(19-30(40)22-6-10-24(11-7-22)33(35,36)37)38-29(32(41)42)18-21-4-14-27(15-5-21)43-17-16-28-20(2)44-31(39-28)23-8-12-25(34)13-9-23/h4-15,19,29,38H,3,16-18H2,1-2H3,(H,41,42)/b26-19+/t29-/m0/s1. The van der Waals surface area contributed by atoms with Crippen LogP contribution in [0.25, 0.3) is 11.5 Å². The fraction of sp³-hybridized carbons (Fsp3) is 0.242. The van der Waals surface area contributed by atoms with Gasteiger partial charge in [-0.1, -0.05) is 31.2 Å². The van der Waals surface area contributed by atoms with Gasteiger partial charge in [0.05, 0.1) is 17.9 Å². The third-order valence-corrected chi connectivity index (χ3v) is 6.80. The molecule has 11 heteroatoms. The summed E-state index contributed by atoms with van der Waals surface area (Å²) in [5, 5.41) is 12.7. The largest absolute Gasteiger partial charge is 0.493 e. The van der Waals surface area contributed by atoms with E-state index >= 15 is 0 Å². The molecular formula is C33H30F4N2O5. The Morgan fingerprint density at radius 3 is 2.27 bits per heavy atom. The number of carbonyl (C=O) groups excluding carboxylic acids is 1. The van der Waals surface area contributed by atoms with Crippen LogP contribution in [0.3, 0.4) is 0 Å². The number of aryl methyl sites for hydroxylation is 1. The summed E-state index contributed by atoms with van der Waals surface area (Å²) in [6.45, 7) is 3.83. The maximum Gasteiger partial charge on any atom is 0.416 e. The Morgan fingerprint density at radius 2 is 1.68 bits per heavy atom. The number of oxazole rings is 1. The number of nitrogens with zero attached hydrogens (tertiary/aromatic N) is 1. The quantitative estimate of drug-likeness (QED) is 0.0939. The number of carbonyl (C=O) groups is 2. The van der Waals surface area contributed by atoms with Gasteiger partial charge < -0.3 is 19.6 Å². The van der Waals surface area contributed by atoms with Crippen molar-refractivity contribution < 1.29 is 41.4 Å². The van der Waals surface area contributed by atoms with Crippen LogP contribution in [0.2, 0.25) is 0 Å². The molecule has 0 fully saturated rings. The molecular weight excluding hydrogens is 580 g/mol. The lowest BCUT2D eigenvalue weighted by Gasteiger charge is -2.18. The Balaban J connectivity index is 1.32. The van der Waals surface area contributed by atoms with Crippen molar-refractivity contribution in [3.8, 4) is 17.2 Å². The second-order valence-electron chi connectivity index (χ2n) is 9.97. The highest BCUT2D eigenvalue weighted by atomic mass is 19.4. The number of benzene rings is 3. The first-order valence-corrected chi connectivity index (χ1v) is 13.8. The smallest absolute Gasteiger partial charge is 0.416 e. The van der Waals surface area contributed by atoms with Gasteiger partial charge in [0, 0.05) is 35.7 Å². The third-order valence-electron chi connectivity index (χ3n) is 6.80. The Hall–Kier alpha value is -4.93. The molecule has 0 aliphatic heterocycles. The molecule has 44 heavy (non-hydrogen) atoms. The highest BCUT2D eigenvalue weighted by molar-refractivity contribution is 6.04. The number of alkyl halides is 3. The molecule has 4 rings (SSSR count). The predicted octanol–water partition coefficient (Wildman–Crippen LogP) is 7.19. The fourth-order valence-electron chi connectivity index (χ4n) is 4.33. The van der Waals surface area contributed by atoms with Gasteiger partial charge >= 0.3 is 12.1 Å². The summed E-state index contributed by atoms with van der Waals surface area (Å²) in [5.41, 5.74) is 1.62. The number of hydrogen-bond donors (Lipinski definition) is 2. The summed E-state index contributed by atoms with van der Waals surface area (Å²) in [4.78, 5) is 29.1. The van der Waals surface area contributed by atoms with E-state index in [1.165, 1.54) is 18.2 Å². The van der Waals surface area contributed by atoms with Crippen molar-refractivity contribution in [3.63, 3.8) is 0 Å². The molecule has 230 valence electrons. The Bertz CT molecular complexity index is 1610. The van der Waals surface area contributed by atoms with Crippen LogP contribution in [0.5, 0.6) is 5.75 Å². The molecule has 1 heterocycles. The minimum absolute atomic E-state index is 0.0558. The van der Waals surface area contributed by atoms with E-state index < -0.39 is 29.5 Å². The molecule has 0 bridgehead atoms. The van der Waals surface area contributed by atoms with Crippen molar-refractivity contribution in [3.05, 3.63) is 119 Å². The second-order valence-corrected chi connectivity index (χ2v) is 9.97. The Kier molecular flexibility index (Phi) is 10.2. The van der Waals surface area contributed by atoms with Crippen molar-refractivity contribution >= 4 is 11.8 Å². The van der Waals surface area contributed by atoms with Gasteiger partial charge in [0.25, 0.3) is 0 Å². The highest BCUT2D eigenvalue weighted by Crippen LogP contribution is 2.29. The summed E-state index contributed by atoms with van der Waals surface area (Å²) >= 11 is 0. The molecule has 0 saturated heterocycles. The summed E-state index contributed by atoms with van der Waals surface area (Å²) in [5.74, 6) is -0.411. The molecule has 1 atom stereocenters. The van der Waals surface area contributed by atoms with E-state index in [2.05, 4.69) is 10.3 Å². The fourth-order valence-corrected chi connectivity index (χ4v) is 4.33. The van der Waals surface area contributed by atoms with Crippen LogP contribution < -0.4 is 10.1 Å². The van der Waals surface area contributed by atoms with Crippen LogP contribution in [0, 0.1) is 12.7 Å². The maximum absolute atomic E-state index is 13.2. The number of ketones is 1. The molecule has 0 spiro atoms. The van der Waals surface area contributed by atoms with Gasteiger partial charge in [-0.25, -0.2) is 14.2 Å². The Morgan fingerprint density at radius 1 is 1.02 bits per heavy atom. The van der Waals surface area contributed by atoms with Crippen LogP contribution in [0.15, 0.2) is 89.0 Å². The molecule has 1 aromatic heterocycles. The number of aliphatic carboxylic acids is 1. The van der Waals surface area contributed by atoms with Gasteiger partial charge in [-0.2, -0.15) is 13.2 Å². The highest BCUT2D eigenvalue weighted by Gasteiger charge is 2.30. The lowest BCUT2D eigenvalue weighted by atomic mass is 10.0. The SMILES string of the molecule is CC/C(=C\C(=O)c1ccc(C(F)(F)F)cc1)N[C@@H](Cc1ccc(OCCc2nc(-c3ccc(F)cc3)oc2C)cc1)C(=O)O. The average Bonchev–Trinajstić information content (AvgIpc) is 3.37. The predicted molar refractivity (Wildman–Crippen MR) is 155 cm³/mol. The number of carboxylic acids is 1. The van der Waals surface area contributed by atoms with E-state index in [4.69, 9.17) is 9.15 Å². The van der Waals surface area contributed by atoms with E-state index in [-0.39, 0.29) is 17.8 Å². The molecule has 2 N–H and O–H groups in total. The van der Waals surface area contributed by atoms with Crippen LogP contribution in [-0.2, 0) is 23.8 Å². The first-order valence-electron chi connectivity index (χ1n) is 13.8. The van der Waals surface area contributed by atoms with Gasteiger partial charge in [-0.3, -0.25) is 4.79 Å². The van der Waals surface area contributed by atoms with Crippen molar-refractivity contribution in [2.24, 2.45) is 0 Å².